The van der Waals surface area contributed by atoms with E-state index < -0.39 is 0 Å². The van der Waals surface area contributed by atoms with Crippen LogP contribution in [0, 0.1) is 6.92 Å². The molecule has 0 fully saturated rings. The number of aromatic nitrogens is 3. The Labute approximate surface area is 72.5 Å². The molecule has 0 saturated carbocycles. The van der Waals surface area contributed by atoms with Crippen LogP contribution in [0.15, 0.2) is 0 Å². The first kappa shape index (κ1) is 9.03. The Hall–Kier alpha value is -1.06. The Morgan fingerprint density at radius 3 is 2.25 bits per heavy atom. The van der Waals surface area contributed by atoms with E-state index in [1.165, 1.54) is 0 Å². The van der Waals surface area contributed by atoms with Crippen LogP contribution < -0.4 is 4.74 Å². The topological polar surface area (TPSA) is 39.9 Å². The van der Waals surface area contributed by atoms with Crippen molar-refractivity contribution in [2.45, 2.75) is 33.2 Å². The van der Waals surface area contributed by atoms with Crippen molar-refractivity contribution in [3.63, 3.8) is 0 Å². The summed E-state index contributed by atoms with van der Waals surface area (Å²) in [6, 6.07) is 0. The van der Waals surface area contributed by atoms with E-state index >= 15 is 0 Å². The molecule has 0 spiro atoms. The van der Waals surface area contributed by atoms with Crippen molar-refractivity contribution in [2.24, 2.45) is 0 Å². The van der Waals surface area contributed by atoms with Crippen molar-refractivity contribution in [3.05, 3.63) is 5.69 Å². The van der Waals surface area contributed by atoms with Crippen molar-refractivity contribution >= 4 is 0 Å². The maximum atomic E-state index is 5.18. The summed E-state index contributed by atoms with van der Waals surface area (Å²) in [5.41, 5.74) is 0.750. The van der Waals surface area contributed by atoms with Gasteiger partial charge in [0, 0.05) is 0 Å². The lowest BCUT2D eigenvalue weighted by Crippen LogP contribution is -2.23. The first-order valence-electron chi connectivity index (χ1n) is 3.93. The Morgan fingerprint density at radius 1 is 1.33 bits per heavy atom. The summed E-state index contributed by atoms with van der Waals surface area (Å²) < 4.78 is 6.96. The SMILES string of the molecule is COc1c(C)nnn1C(C)(C)C. The van der Waals surface area contributed by atoms with Crippen LogP contribution in [-0.4, -0.2) is 22.1 Å². The lowest BCUT2D eigenvalue weighted by molar-refractivity contribution is 0.278. The fourth-order valence-electron chi connectivity index (χ4n) is 1.02. The third-order valence-corrected chi connectivity index (χ3v) is 1.61. The summed E-state index contributed by atoms with van der Waals surface area (Å²) in [6.07, 6.45) is 0. The van der Waals surface area contributed by atoms with E-state index in [4.69, 9.17) is 4.74 Å². The highest BCUT2D eigenvalue weighted by Crippen LogP contribution is 2.22. The van der Waals surface area contributed by atoms with Gasteiger partial charge in [0.1, 0.15) is 5.69 Å². The predicted molar refractivity (Wildman–Crippen MR) is 46.3 cm³/mol. The second-order valence-corrected chi connectivity index (χ2v) is 3.77. The van der Waals surface area contributed by atoms with E-state index in [2.05, 4.69) is 31.1 Å². The summed E-state index contributed by atoms with van der Waals surface area (Å²) in [5.74, 6) is 0.738. The molecule has 0 bridgehead atoms. The molecule has 0 amide bonds. The van der Waals surface area contributed by atoms with Crippen LogP contribution in [0.2, 0.25) is 0 Å². The Balaban J connectivity index is 3.16. The van der Waals surface area contributed by atoms with E-state index in [-0.39, 0.29) is 5.54 Å². The summed E-state index contributed by atoms with van der Waals surface area (Å²) in [7, 11) is 1.63. The molecule has 1 aromatic rings. The summed E-state index contributed by atoms with van der Waals surface area (Å²) in [5, 5.41) is 7.94. The standard InChI is InChI=1S/C8H15N3O/c1-6-7(12-5)11(10-9-6)8(2,3)4/h1-5H3. The highest BCUT2D eigenvalue weighted by atomic mass is 16.5. The van der Waals surface area contributed by atoms with Gasteiger partial charge < -0.3 is 4.74 Å². The van der Waals surface area contributed by atoms with Crippen LogP contribution in [-0.2, 0) is 5.54 Å². The molecule has 0 aliphatic rings. The zero-order valence-corrected chi connectivity index (χ0v) is 8.25. The van der Waals surface area contributed by atoms with Crippen LogP contribution in [0.4, 0.5) is 0 Å². The van der Waals surface area contributed by atoms with Gasteiger partial charge in [0.25, 0.3) is 0 Å². The molecule has 1 aromatic heterocycles. The Morgan fingerprint density at radius 2 is 1.92 bits per heavy atom. The number of rotatable bonds is 1. The third kappa shape index (κ3) is 1.42. The van der Waals surface area contributed by atoms with Gasteiger partial charge in [-0.2, -0.15) is 0 Å². The van der Waals surface area contributed by atoms with Gasteiger partial charge in [-0.3, -0.25) is 0 Å². The van der Waals surface area contributed by atoms with Crippen molar-refractivity contribution in [1.29, 1.82) is 0 Å². The first-order chi connectivity index (χ1) is 5.46. The van der Waals surface area contributed by atoms with Crippen molar-refractivity contribution in [2.75, 3.05) is 7.11 Å². The average molecular weight is 169 g/mol. The first-order valence-corrected chi connectivity index (χ1v) is 3.93. The smallest absolute Gasteiger partial charge is 0.235 e. The minimum atomic E-state index is -0.0768. The van der Waals surface area contributed by atoms with Crippen LogP contribution >= 0.6 is 0 Å². The molecule has 4 nitrogen and oxygen atoms in total. The molecule has 0 N–H and O–H groups in total. The zero-order valence-electron chi connectivity index (χ0n) is 8.25. The molecule has 68 valence electrons. The summed E-state index contributed by atoms with van der Waals surface area (Å²) in [6.45, 7) is 8.06. The molecule has 0 aliphatic carbocycles. The highest BCUT2D eigenvalue weighted by molar-refractivity contribution is 5.16. The van der Waals surface area contributed by atoms with Crippen LogP contribution in [0.5, 0.6) is 5.88 Å². The number of hydrogen-bond donors (Lipinski definition) is 0. The van der Waals surface area contributed by atoms with Gasteiger partial charge in [0.2, 0.25) is 5.88 Å². The third-order valence-electron chi connectivity index (χ3n) is 1.61. The van der Waals surface area contributed by atoms with Crippen molar-refractivity contribution in [3.8, 4) is 5.88 Å². The van der Waals surface area contributed by atoms with Crippen LogP contribution in [0.3, 0.4) is 0 Å². The molecule has 0 radical (unpaired) electrons. The molecule has 1 rings (SSSR count). The van der Waals surface area contributed by atoms with Gasteiger partial charge >= 0.3 is 0 Å². The number of methoxy groups -OCH3 is 1. The quantitative estimate of drug-likeness (QED) is 0.637. The second-order valence-electron chi connectivity index (χ2n) is 3.77. The van der Waals surface area contributed by atoms with E-state index in [0.29, 0.717) is 0 Å². The molecule has 4 heteroatoms. The van der Waals surface area contributed by atoms with Gasteiger partial charge in [0.15, 0.2) is 0 Å². The summed E-state index contributed by atoms with van der Waals surface area (Å²) in [4.78, 5) is 0. The molecule has 0 saturated heterocycles. The minimum Gasteiger partial charge on any atom is -0.480 e. The molecule has 0 atom stereocenters. The summed E-state index contributed by atoms with van der Waals surface area (Å²) >= 11 is 0. The molecule has 1 heterocycles. The lowest BCUT2D eigenvalue weighted by atomic mass is 10.1. The predicted octanol–water partition coefficient (Wildman–Crippen LogP) is 1.35. The second kappa shape index (κ2) is 2.77. The number of hydrogen-bond acceptors (Lipinski definition) is 3. The normalized spacial score (nSPS) is 11.8. The fraction of sp³-hybridized carbons (Fsp3) is 0.750. The van der Waals surface area contributed by atoms with Gasteiger partial charge in [-0.05, 0) is 27.7 Å². The number of ether oxygens (including phenoxy) is 1. The molecule has 0 aromatic carbocycles. The van der Waals surface area contributed by atoms with E-state index in [9.17, 15) is 0 Å². The minimum absolute atomic E-state index is 0.0768. The maximum Gasteiger partial charge on any atom is 0.235 e. The van der Waals surface area contributed by atoms with Crippen molar-refractivity contribution in [1.82, 2.24) is 15.0 Å². The molecule has 12 heavy (non-hydrogen) atoms. The van der Waals surface area contributed by atoms with Gasteiger partial charge in [-0.25, -0.2) is 4.68 Å². The largest absolute Gasteiger partial charge is 0.480 e. The van der Waals surface area contributed by atoms with Gasteiger partial charge in [-0.15, -0.1) is 5.10 Å². The maximum absolute atomic E-state index is 5.18. The Bertz CT molecular complexity index is 272. The van der Waals surface area contributed by atoms with Gasteiger partial charge in [0.05, 0.1) is 12.6 Å². The number of nitrogens with zero attached hydrogens (tertiary/aromatic N) is 3. The van der Waals surface area contributed by atoms with Crippen LogP contribution in [0.25, 0.3) is 0 Å². The fourth-order valence-corrected chi connectivity index (χ4v) is 1.02. The lowest BCUT2D eigenvalue weighted by Gasteiger charge is -2.20. The van der Waals surface area contributed by atoms with Crippen molar-refractivity contribution < 1.29 is 4.74 Å². The molecule has 0 unspecified atom stereocenters. The highest BCUT2D eigenvalue weighted by Gasteiger charge is 2.20. The van der Waals surface area contributed by atoms with E-state index in [0.717, 1.165) is 11.6 Å². The molecule has 0 aliphatic heterocycles. The van der Waals surface area contributed by atoms with E-state index in [1.54, 1.807) is 11.8 Å². The number of aryl methyl sites for hydroxylation is 1. The van der Waals surface area contributed by atoms with Crippen LogP contribution in [0.1, 0.15) is 26.5 Å². The van der Waals surface area contributed by atoms with Gasteiger partial charge in [-0.1, -0.05) is 5.21 Å². The molecular formula is C8H15N3O. The monoisotopic (exact) mass is 169 g/mol. The average Bonchev–Trinajstić information content (AvgIpc) is 2.29. The Kier molecular flexibility index (Phi) is 2.08. The molecular weight excluding hydrogens is 154 g/mol. The zero-order chi connectivity index (χ0) is 9.35. The van der Waals surface area contributed by atoms with E-state index in [1.807, 2.05) is 6.92 Å².